The van der Waals surface area contributed by atoms with E-state index >= 15 is 0 Å². The van der Waals surface area contributed by atoms with Crippen molar-refractivity contribution in [1.29, 1.82) is 0 Å². The first kappa shape index (κ1) is 21.1. The van der Waals surface area contributed by atoms with Gasteiger partial charge in [0, 0.05) is 18.0 Å². The van der Waals surface area contributed by atoms with Gasteiger partial charge in [-0.2, -0.15) is 4.98 Å². The number of halogens is 1. The van der Waals surface area contributed by atoms with Gasteiger partial charge in [0.25, 0.3) is 5.91 Å². The number of sulfonamides is 1. The molecule has 1 aliphatic carbocycles. The third-order valence-electron chi connectivity index (χ3n) is 4.52. The predicted octanol–water partition coefficient (Wildman–Crippen LogP) is 2.68. The van der Waals surface area contributed by atoms with Crippen LogP contribution in [-0.2, 0) is 10.0 Å². The number of hydrogen-bond acceptors (Lipinski definition) is 6. The molecule has 0 bridgehead atoms. The molecule has 0 saturated heterocycles. The van der Waals surface area contributed by atoms with E-state index in [2.05, 4.69) is 26.8 Å². The van der Waals surface area contributed by atoms with Crippen LogP contribution in [0.2, 0.25) is 0 Å². The number of benzene rings is 1. The minimum absolute atomic E-state index is 0.00189. The van der Waals surface area contributed by atoms with E-state index < -0.39 is 32.7 Å². The highest BCUT2D eigenvalue weighted by Gasteiger charge is 2.32. The van der Waals surface area contributed by atoms with Crippen LogP contribution in [0, 0.1) is 11.7 Å². The summed E-state index contributed by atoms with van der Waals surface area (Å²) in [7, 11) is -4.12. The van der Waals surface area contributed by atoms with Crippen molar-refractivity contribution in [2.24, 2.45) is 5.92 Å². The molecule has 1 aromatic carbocycles. The summed E-state index contributed by atoms with van der Waals surface area (Å²) in [5, 5.41) is 6.74. The zero-order valence-corrected chi connectivity index (χ0v) is 17.0. The van der Waals surface area contributed by atoms with Crippen molar-refractivity contribution in [3.63, 3.8) is 0 Å². The van der Waals surface area contributed by atoms with Crippen molar-refractivity contribution < 1.29 is 22.1 Å². The minimum Gasteiger partial charge on any atom is -0.340 e. The third-order valence-corrected chi connectivity index (χ3v) is 5.96. The summed E-state index contributed by atoms with van der Waals surface area (Å²) >= 11 is 0. The SMILES string of the molecule is C=CCNS(=O)(=O)c1cc(C(=O)NC(c2nc(C3CC3)no2)C(C)C)ccc1F. The van der Waals surface area contributed by atoms with Gasteiger partial charge in [-0.3, -0.25) is 4.79 Å². The summed E-state index contributed by atoms with van der Waals surface area (Å²) in [4.78, 5) is 16.5. The Morgan fingerprint density at radius 1 is 1.41 bits per heavy atom. The number of nitrogens with zero attached hydrogens (tertiary/aromatic N) is 2. The summed E-state index contributed by atoms with van der Waals surface area (Å²) in [5.74, 6) is -0.367. The van der Waals surface area contributed by atoms with Gasteiger partial charge in [0.2, 0.25) is 15.9 Å². The number of amides is 1. The van der Waals surface area contributed by atoms with E-state index in [0.717, 1.165) is 25.0 Å². The van der Waals surface area contributed by atoms with Crippen molar-refractivity contribution in [2.75, 3.05) is 6.54 Å². The summed E-state index contributed by atoms with van der Waals surface area (Å²) < 4.78 is 46.1. The molecule has 0 radical (unpaired) electrons. The number of nitrogens with one attached hydrogen (secondary N) is 2. The molecule has 156 valence electrons. The Morgan fingerprint density at radius 2 is 2.14 bits per heavy atom. The van der Waals surface area contributed by atoms with Crippen LogP contribution in [0.3, 0.4) is 0 Å². The molecule has 2 N–H and O–H groups in total. The smallest absolute Gasteiger partial charge is 0.251 e. The zero-order chi connectivity index (χ0) is 21.2. The Balaban J connectivity index is 1.82. The molecule has 3 rings (SSSR count). The third kappa shape index (κ3) is 4.88. The lowest BCUT2D eigenvalue weighted by atomic mass is 10.0. The number of aromatic nitrogens is 2. The lowest BCUT2D eigenvalue weighted by molar-refractivity contribution is 0.0913. The van der Waals surface area contributed by atoms with Crippen LogP contribution in [0.15, 0.2) is 40.3 Å². The van der Waals surface area contributed by atoms with E-state index in [1.54, 1.807) is 0 Å². The van der Waals surface area contributed by atoms with Gasteiger partial charge in [-0.25, -0.2) is 17.5 Å². The molecular weight excluding hydrogens is 399 g/mol. The largest absolute Gasteiger partial charge is 0.340 e. The predicted molar refractivity (Wildman–Crippen MR) is 103 cm³/mol. The monoisotopic (exact) mass is 422 g/mol. The van der Waals surface area contributed by atoms with Gasteiger partial charge in [0.05, 0.1) is 0 Å². The molecule has 0 aliphatic heterocycles. The van der Waals surface area contributed by atoms with Gasteiger partial charge in [0.1, 0.15) is 16.8 Å². The van der Waals surface area contributed by atoms with E-state index in [1.807, 2.05) is 13.8 Å². The summed E-state index contributed by atoms with van der Waals surface area (Å²) in [6.07, 6.45) is 3.37. The Hall–Kier alpha value is -2.59. The Labute approximate surface area is 168 Å². The van der Waals surface area contributed by atoms with Crippen LogP contribution < -0.4 is 10.0 Å². The summed E-state index contributed by atoms with van der Waals surface area (Å²) in [5.41, 5.74) is -0.00189. The van der Waals surface area contributed by atoms with Crippen LogP contribution in [0.25, 0.3) is 0 Å². The molecule has 29 heavy (non-hydrogen) atoms. The van der Waals surface area contributed by atoms with Crippen LogP contribution >= 0.6 is 0 Å². The average molecular weight is 422 g/mol. The van der Waals surface area contributed by atoms with Crippen LogP contribution in [0.5, 0.6) is 0 Å². The van der Waals surface area contributed by atoms with E-state index in [0.29, 0.717) is 11.7 Å². The summed E-state index contributed by atoms with van der Waals surface area (Å²) in [6.45, 7) is 7.12. The number of rotatable bonds is 9. The lowest BCUT2D eigenvalue weighted by Crippen LogP contribution is -2.32. The summed E-state index contributed by atoms with van der Waals surface area (Å²) in [6, 6.07) is 2.60. The van der Waals surface area contributed by atoms with Gasteiger partial charge >= 0.3 is 0 Å². The first-order valence-electron chi connectivity index (χ1n) is 9.27. The molecule has 1 aromatic heterocycles. The molecule has 10 heteroatoms. The molecule has 1 aliphatic rings. The van der Waals surface area contributed by atoms with Gasteiger partial charge in [-0.1, -0.05) is 25.1 Å². The van der Waals surface area contributed by atoms with E-state index in [1.165, 1.54) is 12.1 Å². The van der Waals surface area contributed by atoms with Crippen molar-refractivity contribution in [3.05, 3.63) is 53.9 Å². The van der Waals surface area contributed by atoms with Gasteiger partial charge in [-0.15, -0.1) is 6.58 Å². The lowest BCUT2D eigenvalue weighted by Gasteiger charge is -2.19. The van der Waals surface area contributed by atoms with Gasteiger partial charge in [0.15, 0.2) is 5.82 Å². The maximum absolute atomic E-state index is 14.1. The van der Waals surface area contributed by atoms with Crippen molar-refractivity contribution in [2.45, 2.75) is 43.5 Å². The first-order valence-corrected chi connectivity index (χ1v) is 10.8. The average Bonchev–Trinajstić information content (AvgIpc) is 3.41. The molecule has 0 spiro atoms. The fraction of sp³-hybridized carbons (Fsp3) is 0.421. The van der Waals surface area contributed by atoms with Crippen molar-refractivity contribution in [1.82, 2.24) is 20.2 Å². The fourth-order valence-electron chi connectivity index (χ4n) is 2.72. The van der Waals surface area contributed by atoms with E-state index in [4.69, 9.17) is 4.52 Å². The Bertz CT molecular complexity index is 1010. The number of hydrogen-bond donors (Lipinski definition) is 2. The molecule has 1 saturated carbocycles. The molecule has 8 nitrogen and oxygen atoms in total. The number of carbonyl (C=O) groups excluding carboxylic acids is 1. The normalized spacial score (nSPS) is 15.3. The second kappa shape index (κ2) is 8.42. The minimum atomic E-state index is -4.12. The van der Waals surface area contributed by atoms with Crippen LogP contribution in [0.1, 0.15) is 60.7 Å². The van der Waals surface area contributed by atoms with Crippen molar-refractivity contribution >= 4 is 15.9 Å². The highest BCUT2D eigenvalue weighted by molar-refractivity contribution is 7.89. The Kier molecular flexibility index (Phi) is 6.13. The number of carbonyl (C=O) groups is 1. The molecule has 1 amide bonds. The molecule has 1 atom stereocenters. The molecule has 1 unspecified atom stereocenters. The molecule has 1 heterocycles. The second-order valence-electron chi connectivity index (χ2n) is 7.25. The molecule has 2 aromatic rings. The highest BCUT2D eigenvalue weighted by atomic mass is 32.2. The second-order valence-corrected chi connectivity index (χ2v) is 8.98. The maximum Gasteiger partial charge on any atom is 0.251 e. The van der Waals surface area contributed by atoms with Crippen LogP contribution in [0.4, 0.5) is 4.39 Å². The first-order chi connectivity index (χ1) is 13.7. The highest BCUT2D eigenvalue weighted by Crippen LogP contribution is 2.38. The molecular formula is C19H23FN4O4S. The standard InChI is InChI=1S/C19H23FN4O4S/c1-4-9-21-29(26,27)15-10-13(7-8-14(15)20)18(25)22-16(11(2)3)19-23-17(24-28-19)12-5-6-12/h4,7-8,10-12,16,21H,1,5-6,9H2,2-3H3,(H,22,25). The van der Waals surface area contributed by atoms with E-state index in [-0.39, 0.29) is 23.9 Å². The quantitative estimate of drug-likeness (QED) is 0.601. The molecule has 1 fully saturated rings. The van der Waals surface area contributed by atoms with E-state index in [9.17, 15) is 17.6 Å². The van der Waals surface area contributed by atoms with Gasteiger partial charge in [-0.05, 0) is 37.0 Å². The fourth-order valence-corrected chi connectivity index (χ4v) is 3.82. The maximum atomic E-state index is 14.1. The Morgan fingerprint density at radius 3 is 2.76 bits per heavy atom. The topological polar surface area (TPSA) is 114 Å². The van der Waals surface area contributed by atoms with Crippen molar-refractivity contribution in [3.8, 4) is 0 Å². The van der Waals surface area contributed by atoms with Gasteiger partial charge < -0.3 is 9.84 Å². The zero-order valence-electron chi connectivity index (χ0n) is 16.2. The van der Waals surface area contributed by atoms with Crippen LogP contribution in [-0.4, -0.2) is 31.0 Å².